The van der Waals surface area contributed by atoms with Gasteiger partial charge >= 0.3 is 0 Å². The van der Waals surface area contributed by atoms with Gasteiger partial charge in [0, 0.05) is 11.8 Å². The fourth-order valence-electron chi connectivity index (χ4n) is 2.69. The van der Waals surface area contributed by atoms with Crippen molar-refractivity contribution in [3.05, 3.63) is 52.7 Å². The fourth-order valence-corrected chi connectivity index (χ4v) is 3.36. The molecule has 3 aromatic rings. The molecule has 0 saturated heterocycles. The van der Waals surface area contributed by atoms with Crippen LogP contribution in [0.4, 0.5) is 17.2 Å². The van der Waals surface area contributed by atoms with Crippen LogP contribution in [0.5, 0.6) is 11.5 Å². The van der Waals surface area contributed by atoms with Gasteiger partial charge in [0.1, 0.15) is 13.2 Å². The average Bonchev–Trinajstić information content (AvgIpc) is 3.30. The number of nitrogens with one attached hydrogen (secondary N) is 3. The normalized spacial score (nSPS) is 12.3. The molecule has 1 aliphatic rings. The standard InChI is InChI=1S/C19H17N5O6S/c20-16-15(22-17(26)12-2-1-5-28-12)18(27)24-19(23-16)31-9-14(25)21-10-3-4-11-13(8-10)30-7-6-29-11/h1-5,8H,6-7,9H2,(H,21,25)(H,22,26)(H3,20,23,24,27). The molecular weight excluding hydrogens is 426 g/mol. The fraction of sp³-hybridized carbons (Fsp3) is 0.158. The first kappa shape index (κ1) is 20.3. The Morgan fingerprint density at radius 2 is 1.97 bits per heavy atom. The van der Waals surface area contributed by atoms with Crippen LogP contribution in [-0.4, -0.2) is 40.7 Å². The van der Waals surface area contributed by atoms with Crippen molar-refractivity contribution in [3.8, 4) is 11.5 Å². The van der Waals surface area contributed by atoms with Crippen molar-refractivity contribution in [1.29, 1.82) is 0 Å². The Morgan fingerprint density at radius 1 is 1.16 bits per heavy atom. The second kappa shape index (κ2) is 8.83. The molecule has 12 heteroatoms. The van der Waals surface area contributed by atoms with E-state index in [1.54, 1.807) is 18.2 Å². The van der Waals surface area contributed by atoms with Crippen LogP contribution >= 0.6 is 11.8 Å². The van der Waals surface area contributed by atoms with Crippen molar-refractivity contribution >= 4 is 40.8 Å². The Bertz CT molecular complexity index is 1180. The molecule has 11 nitrogen and oxygen atoms in total. The number of nitrogens with zero attached hydrogens (tertiary/aromatic N) is 1. The molecule has 0 fully saturated rings. The van der Waals surface area contributed by atoms with E-state index in [2.05, 4.69) is 20.6 Å². The highest BCUT2D eigenvalue weighted by Crippen LogP contribution is 2.32. The summed E-state index contributed by atoms with van der Waals surface area (Å²) in [5.74, 6) is 0.0279. The molecule has 5 N–H and O–H groups in total. The van der Waals surface area contributed by atoms with Crippen molar-refractivity contribution in [2.75, 3.05) is 35.3 Å². The quantitative estimate of drug-likeness (QED) is 0.328. The van der Waals surface area contributed by atoms with Crippen LogP contribution in [-0.2, 0) is 4.79 Å². The van der Waals surface area contributed by atoms with E-state index < -0.39 is 11.5 Å². The number of rotatable bonds is 6. The maximum Gasteiger partial charge on any atom is 0.291 e. The van der Waals surface area contributed by atoms with Gasteiger partial charge in [0.2, 0.25) is 5.91 Å². The highest BCUT2D eigenvalue weighted by Gasteiger charge is 2.17. The molecule has 0 unspecified atom stereocenters. The maximum atomic E-state index is 12.3. The molecule has 2 amide bonds. The van der Waals surface area contributed by atoms with E-state index in [0.717, 1.165) is 11.8 Å². The summed E-state index contributed by atoms with van der Waals surface area (Å²) < 4.78 is 15.9. The van der Waals surface area contributed by atoms with E-state index >= 15 is 0 Å². The zero-order chi connectivity index (χ0) is 21.8. The number of H-pyrrole nitrogens is 1. The number of nitrogens with two attached hydrogens (primary N) is 1. The summed E-state index contributed by atoms with van der Waals surface area (Å²) in [6.45, 7) is 0.924. The smallest absolute Gasteiger partial charge is 0.291 e. The molecule has 1 aromatic carbocycles. The van der Waals surface area contributed by atoms with Crippen molar-refractivity contribution in [2.24, 2.45) is 0 Å². The third-order valence-corrected chi connectivity index (χ3v) is 4.95. The number of hydrogen-bond acceptors (Lipinski definition) is 9. The number of thioether (sulfide) groups is 1. The number of carbonyl (C=O) groups excluding carboxylic acids is 2. The third-order valence-electron chi connectivity index (χ3n) is 4.08. The van der Waals surface area contributed by atoms with E-state index in [4.69, 9.17) is 19.6 Å². The topological polar surface area (TPSA) is 162 Å². The molecule has 1 aliphatic heterocycles. The van der Waals surface area contributed by atoms with Crippen LogP contribution in [0.15, 0.2) is 51.0 Å². The van der Waals surface area contributed by atoms with Crippen LogP contribution in [0.25, 0.3) is 0 Å². The van der Waals surface area contributed by atoms with Gasteiger partial charge in [-0.05, 0) is 24.3 Å². The first-order valence-corrected chi connectivity index (χ1v) is 10.0. The number of carbonyl (C=O) groups is 2. The number of amides is 2. The lowest BCUT2D eigenvalue weighted by Crippen LogP contribution is -2.23. The van der Waals surface area contributed by atoms with E-state index in [-0.39, 0.29) is 34.1 Å². The summed E-state index contributed by atoms with van der Waals surface area (Å²) in [6.07, 6.45) is 1.33. The molecule has 0 saturated carbocycles. The monoisotopic (exact) mass is 443 g/mol. The molecule has 0 aliphatic carbocycles. The van der Waals surface area contributed by atoms with Gasteiger partial charge in [0.05, 0.1) is 12.0 Å². The van der Waals surface area contributed by atoms with E-state index in [1.165, 1.54) is 18.4 Å². The van der Waals surface area contributed by atoms with Crippen LogP contribution in [0.2, 0.25) is 0 Å². The van der Waals surface area contributed by atoms with Gasteiger partial charge in [0.15, 0.2) is 33.9 Å². The number of fused-ring (bicyclic) bond motifs is 1. The first-order chi connectivity index (χ1) is 15.0. The summed E-state index contributed by atoms with van der Waals surface area (Å²) in [5.41, 5.74) is 5.50. The molecule has 0 bridgehead atoms. The summed E-state index contributed by atoms with van der Waals surface area (Å²) >= 11 is 0.984. The number of aromatic nitrogens is 2. The summed E-state index contributed by atoms with van der Waals surface area (Å²) in [7, 11) is 0. The lowest BCUT2D eigenvalue weighted by Gasteiger charge is -2.19. The number of benzene rings is 1. The minimum absolute atomic E-state index is 0.0214. The molecule has 4 rings (SSSR count). The van der Waals surface area contributed by atoms with Crippen LogP contribution in [0, 0.1) is 0 Å². The van der Waals surface area contributed by atoms with Crippen molar-refractivity contribution < 1.29 is 23.5 Å². The molecule has 3 heterocycles. The zero-order valence-electron chi connectivity index (χ0n) is 16.0. The average molecular weight is 443 g/mol. The number of anilines is 3. The Labute approximate surface area is 179 Å². The van der Waals surface area contributed by atoms with Crippen LogP contribution in [0.1, 0.15) is 10.6 Å². The maximum absolute atomic E-state index is 12.3. The molecule has 0 spiro atoms. The summed E-state index contributed by atoms with van der Waals surface area (Å²) in [6, 6.07) is 8.07. The predicted octanol–water partition coefficient (Wildman–Crippen LogP) is 1.70. The van der Waals surface area contributed by atoms with E-state index in [0.29, 0.717) is 30.4 Å². The lowest BCUT2D eigenvalue weighted by atomic mass is 10.2. The predicted molar refractivity (Wildman–Crippen MR) is 113 cm³/mol. The Hall–Kier alpha value is -3.93. The number of hydrogen-bond donors (Lipinski definition) is 4. The lowest BCUT2D eigenvalue weighted by molar-refractivity contribution is -0.113. The number of aromatic amines is 1. The van der Waals surface area contributed by atoms with Gasteiger partial charge < -0.3 is 30.3 Å². The number of furan rings is 1. The second-order valence-corrected chi connectivity index (χ2v) is 7.22. The molecule has 0 radical (unpaired) electrons. The van der Waals surface area contributed by atoms with Gasteiger partial charge in [-0.25, -0.2) is 4.98 Å². The van der Waals surface area contributed by atoms with Gasteiger partial charge in [-0.1, -0.05) is 11.8 Å². The Balaban J connectivity index is 1.36. The third kappa shape index (κ3) is 4.80. The highest BCUT2D eigenvalue weighted by molar-refractivity contribution is 7.99. The highest BCUT2D eigenvalue weighted by atomic mass is 32.2. The first-order valence-electron chi connectivity index (χ1n) is 9.06. The number of nitrogen functional groups attached to an aromatic ring is 1. The second-order valence-electron chi connectivity index (χ2n) is 6.26. The summed E-state index contributed by atoms with van der Waals surface area (Å²) in [4.78, 5) is 43.1. The Kier molecular flexibility index (Phi) is 5.80. The molecule has 2 aromatic heterocycles. The minimum Gasteiger partial charge on any atom is -0.486 e. The van der Waals surface area contributed by atoms with E-state index in [1.807, 2.05) is 0 Å². The van der Waals surface area contributed by atoms with Gasteiger partial charge in [-0.3, -0.25) is 19.4 Å². The SMILES string of the molecule is Nc1nc(SCC(=O)Nc2ccc3c(c2)OCCO3)[nH]c(=O)c1NC(=O)c1ccco1. The van der Waals surface area contributed by atoms with E-state index in [9.17, 15) is 14.4 Å². The van der Waals surface area contributed by atoms with Gasteiger partial charge in [0.25, 0.3) is 11.5 Å². The van der Waals surface area contributed by atoms with Crippen LogP contribution in [0.3, 0.4) is 0 Å². The number of ether oxygens (including phenoxy) is 2. The molecule has 0 atom stereocenters. The van der Waals surface area contributed by atoms with Crippen molar-refractivity contribution in [3.63, 3.8) is 0 Å². The molecular formula is C19H17N5O6S. The Morgan fingerprint density at radius 3 is 2.71 bits per heavy atom. The largest absolute Gasteiger partial charge is 0.486 e. The van der Waals surface area contributed by atoms with Crippen LogP contribution < -0.4 is 31.4 Å². The summed E-state index contributed by atoms with van der Waals surface area (Å²) in [5, 5.41) is 5.22. The molecule has 31 heavy (non-hydrogen) atoms. The zero-order valence-corrected chi connectivity index (χ0v) is 16.8. The van der Waals surface area contributed by atoms with Gasteiger partial charge in [-0.2, -0.15) is 0 Å². The molecule has 160 valence electrons. The van der Waals surface area contributed by atoms with Gasteiger partial charge in [-0.15, -0.1) is 0 Å². The van der Waals surface area contributed by atoms with Crippen molar-refractivity contribution in [1.82, 2.24) is 9.97 Å². The minimum atomic E-state index is -0.651. The van der Waals surface area contributed by atoms with Crippen molar-refractivity contribution in [2.45, 2.75) is 5.16 Å².